The predicted molar refractivity (Wildman–Crippen MR) is 77.6 cm³/mol. The molecule has 0 aliphatic heterocycles. The van der Waals surface area contributed by atoms with Crippen molar-refractivity contribution in [1.82, 2.24) is 4.98 Å². The summed E-state index contributed by atoms with van der Waals surface area (Å²) in [5, 5.41) is 0.900. The average molecular weight is 267 g/mol. The largest absolute Gasteiger partial charge is 0.360 e. The van der Waals surface area contributed by atoms with E-state index in [9.17, 15) is 9.18 Å². The number of nitrogens with one attached hydrogen (secondary N) is 1. The van der Waals surface area contributed by atoms with Gasteiger partial charge in [0, 0.05) is 28.2 Å². The number of rotatable bonds is 2. The van der Waals surface area contributed by atoms with Gasteiger partial charge in [-0.2, -0.15) is 0 Å². The number of carbonyl (C=O) groups is 1. The molecule has 0 saturated carbocycles. The summed E-state index contributed by atoms with van der Waals surface area (Å²) in [6.07, 6.45) is 1.71. The first kappa shape index (κ1) is 12.6. The molecule has 0 atom stereocenters. The number of hydrogen-bond donors (Lipinski definition) is 1. The van der Waals surface area contributed by atoms with Crippen molar-refractivity contribution in [2.75, 3.05) is 0 Å². The van der Waals surface area contributed by atoms with Crippen LogP contribution in [0.3, 0.4) is 0 Å². The Hall–Kier alpha value is -2.42. The summed E-state index contributed by atoms with van der Waals surface area (Å²) in [6, 6.07) is 10.4. The Bertz CT molecular complexity index is 817. The van der Waals surface area contributed by atoms with E-state index in [0.29, 0.717) is 16.7 Å². The Morgan fingerprint density at radius 2 is 1.90 bits per heavy atom. The molecule has 0 fully saturated rings. The van der Waals surface area contributed by atoms with Crippen molar-refractivity contribution in [3.63, 3.8) is 0 Å². The lowest BCUT2D eigenvalue weighted by Crippen LogP contribution is -2.01. The highest BCUT2D eigenvalue weighted by atomic mass is 19.1. The van der Waals surface area contributed by atoms with Crippen LogP contribution in [0.5, 0.6) is 0 Å². The van der Waals surface area contributed by atoms with Gasteiger partial charge in [0.1, 0.15) is 5.82 Å². The number of ketones is 1. The molecule has 0 aliphatic carbocycles. The Morgan fingerprint density at radius 3 is 2.65 bits per heavy atom. The van der Waals surface area contributed by atoms with Gasteiger partial charge in [0.05, 0.1) is 0 Å². The van der Waals surface area contributed by atoms with E-state index in [2.05, 4.69) is 4.98 Å². The zero-order chi connectivity index (χ0) is 14.3. The van der Waals surface area contributed by atoms with Crippen molar-refractivity contribution in [2.45, 2.75) is 13.8 Å². The van der Waals surface area contributed by atoms with Gasteiger partial charge in [-0.1, -0.05) is 11.6 Å². The molecule has 0 unspecified atom stereocenters. The standard InChI is InChI=1S/C17H14FNO/c1-10-3-6-16-13(7-10)14(9-19-16)17(20)12-4-5-15(18)11(2)8-12/h3-9,19H,1-2H3. The second-order valence-corrected chi connectivity index (χ2v) is 5.04. The molecule has 0 amide bonds. The molecule has 100 valence electrons. The number of hydrogen-bond acceptors (Lipinski definition) is 1. The van der Waals surface area contributed by atoms with Crippen molar-refractivity contribution in [2.24, 2.45) is 0 Å². The molecule has 3 rings (SSSR count). The summed E-state index contributed by atoms with van der Waals surface area (Å²) in [5.74, 6) is -0.388. The van der Waals surface area contributed by atoms with E-state index in [0.717, 1.165) is 16.5 Å². The Labute approximate surface area is 116 Å². The van der Waals surface area contributed by atoms with Gasteiger partial charge in [0.15, 0.2) is 5.78 Å². The smallest absolute Gasteiger partial charge is 0.195 e. The van der Waals surface area contributed by atoms with Gasteiger partial charge < -0.3 is 4.98 Å². The van der Waals surface area contributed by atoms with Crippen molar-refractivity contribution < 1.29 is 9.18 Å². The summed E-state index contributed by atoms with van der Waals surface area (Å²) in [7, 11) is 0. The van der Waals surface area contributed by atoms with Gasteiger partial charge in [-0.15, -0.1) is 0 Å². The first-order chi connectivity index (χ1) is 9.56. The van der Waals surface area contributed by atoms with E-state index < -0.39 is 0 Å². The second kappa shape index (κ2) is 4.60. The fourth-order valence-corrected chi connectivity index (χ4v) is 2.36. The number of halogens is 1. The van der Waals surface area contributed by atoms with E-state index in [1.54, 1.807) is 19.2 Å². The number of aromatic amines is 1. The third-order valence-electron chi connectivity index (χ3n) is 3.50. The molecule has 0 radical (unpaired) electrons. The van der Waals surface area contributed by atoms with Crippen LogP contribution in [0, 0.1) is 19.7 Å². The highest BCUT2D eigenvalue weighted by Gasteiger charge is 2.15. The molecule has 0 aliphatic rings. The molecule has 3 heteroatoms. The molecule has 1 heterocycles. The third-order valence-corrected chi connectivity index (χ3v) is 3.50. The monoisotopic (exact) mass is 267 g/mol. The third kappa shape index (κ3) is 2.01. The quantitative estimate of drug-likeness (QED) is 0.695. The fraction of sp³-hybridized carbons (Fsp3) is 0.118. The van der Waals surface area contributed by atoms with E-state index in [4.69, 9.17) is 0 Å². The normalized spacial score (nSPS) is 10.9. The van der Waals surface area contributed by atoms with Crippen LogP contribution in [-0.4, -0.2) is 10.8 Å². The first-order valence-electron chi connectivity index (χ1n) is 6.45. The maximum Gasteiger partial charge on any atom is 0.195 e. The summed E-state index contributed by atoms with van der Waals surface area (Å²) in [5.41, 5.74) is 3.63. The van der Waals surface area contributed by atoms with E-state index in [1.165, 1.54) is 12.1 Å². The van der Waals surface area contributed by atoms with Crippen molar-refractivity contribution in [3.05, 3.63) is 70.7 Å². The zero-order valence-corrected chi connectivity index (χ0v) is 11.3. The minimum atomic E-state index is -0.295. The zero-order valence-electron chi connectivity index (χ0n) is 11.3. The van der Waals surface area contributed by atoms with Crippen LogP contribution in [0.15, 0.2) is 42.6 Å². The number of H-pyrrole nitrogens is 1. The lowest BCUT2D eigenvalue weighted by molar-refractivity contribution is 0.104. The molecule has 0 bridgehead atoms. The minimum Gasteiger partial charge on any atom is -0.360 e. The lowest BCUT2D eigenvalue weighted by Gasteiger charge is -2.03. The molecule has 1 N–H and O–H groups in total. The molecule has 0 saturated heterocycles. The Kier molecular flexibility index (Phi) is 2.90. The van der Waals surface area contributed by atoms with Crippen molar-refractivity contribution in [1.29, 1.82) is 0 Å². The maximum absolute atomic E-state index is 13.3. The topological polar surface area (TPSA) is 32.9 Å². The van der Waals surface area contributed by atoms with Crippen LogP contribution >= 0.6 is 0 Å². The van der Waals surface area contributed by atoms with Crippen molar-refractivity contribution >= 4 is 16.7 Å². The van der Waals surface area contributed by atoms with Gasteiger partial charge in [0.25, 0.3) is 0 Å². The van der Waals surface area contributed by atoms with Crippen LogP contribution in [0.4, 0.5) is 4.39 Å². The summed E-state index contributed by atoms with van der Waals surface area (Å²) in [4.78, 5) is 15.7. The van der Waals surface area contributed by atoms with E-state index in [-0.39, 0.29) is 11.6 Å². The van der Waals surface area contributed by atoms with Crippen molar-refractivity contribution in [3.8, 4) is 0 Å². The number of benzene rings is 2. The number of aromatic nitrogens is 1. The highest BCUT2D eigenvalue weighted by Crippen LogP contribution is 2.23. The minimum absolute atomic E-state index is 0.0926. The van der Waals surface area contributed by atoms with Crippen LogP contribution in [0.2, 0.25) is 0 Å². The lowest BCUT2D eigenvalue weighted by atomic mass is 10.0. The van der Waals surface area contributed by atoms with Crippen LogP contribution < -0.4 is 0 Å². The summed E-state index contributed by atoms with van der Waals surface area (Å²) in [6.45, 7) is 3.65. The number of carbonyl (C=O) groups excluding carboxylic acids is 1. The van der Waals surface area contributed by atoms with E-state index >= 15 is 0 Å². The molecule has 3 aromatic rings. The Balaban J connectivity index is 2.12. The van der Waals surface area contributed by atoms with Gasteiger partial charge >= 0.3 is 0 Å². The summed E-state index contributed by atoms with van der Waals surface area (Å²) >= 11 is 0. The average Bonchev–Trinajstić information content (AvgIpc) is 2.84. The SMILES string of the molecule is Cc1ccc2[nH]cc(C(=O)c3ccc(F)c(C)c3)c2c1. The van der Waals surface area contributed by atoms with Crippen LogP contribution in [0.25, 0.3) is 10.9 Å². The molecule has 2 nitrogen and oxygen atoms in total. The van der Waals surface area contributed by atoms with Gasteiger partial charge in [-0.05, 0) is 49.7 Å². The second-order valence-electron chi connectivity index (χ2n) is 5.04. The predicted octanol–water partition coefficient (Wildman–Crippen LogP) is 4.15. The van der Waals surface area contributed by atoms with E-state index in [1.807, 2.05) is 25.1 Å². The molecular formula is C17H14FNO. The number of aryl methyl sites for hydroxylation is 2. The molecule has 0 spiro atoms. The number of fused-ring (bicyclic) bond motifs is 1. The molecule has 1 aromatic heterocycles. The fourth-order valence-electron chi connectivity index (χ4n) is 2.36. The van der Waals surface area contributed by atoms with Gasteiger partial charge in [-0.25, -0.2) is 4.39 Å². The van der Waals surface area contributed by atoms with Crippen LogP contribution in [-0.2, 0) is 0 Å². The molecular weight excluding hydrogens is 253 g/mol. The Morgan fingerprint density at radius 1 is 1.10 bits per heavy atom. The molecule has 2 aromatic carbocycles. The van der Waals surface area contributed by atoms with Crippen LogP contribution in [0.1, 0.15) is 27.0 Å². The maximum atomic E-state index is 13.3. The first-order valence-corrected chi connectivity index (χ1v) is 6.45. The van der Waals surface area contributed by atoms with Gasteiger partial charge in [-0.3, -0.25) is 4.79 Å². The van der Waals surface area contributed by atoms with Gasteiger partial charge in [0.2, 0.25) is 0 Å². The highest BCUT2D eigenvalue weighted by molar-refractivity contribution is 6.16. The summed E-state index contributed by atoms with van der Waals surface area (Å²) < 4.78 is 13.3. The molecule has 20 heavy (non-hydrogen) atoms.